The Morgan fingerprint density at radius 2 is 2.17 bits per heavy atom. The Labute approximate surface area is 103 Å². The molecule has 4 heteroatoms. The fourth-order valence-corrected chi connectivity index (χ4v) is 1.83. The lowest BCUT2D eigenvalue weighted by Crippen LogP contribution is -1.95. The number of rotatable bonds is 3. The number of ether oxygens (including phenoxy) is 1. The summed E-state index contributed by atoms with van der Waals surface area (Å²) in [5, 5.41) is 0.973. The molecule has 3 nitrogen and oxygen atoms in total. The number of halogens is 1. The maximum absolute atomic E-state index is 13.0. The predicted molar refractivity (Wildman–Crippen MR) is 66.8 cm³/mol. The number of pyridine rings is 1. The van der Waals surface area contributed by atoms with Crippen LogP contribution in [0.25, 0.3) is 10.9 Å². The lowest BCUT2D eigenvalue weighted by molar-refractivity contribution is 0.301. The smallest absolute Gasteiger partial charge is 0.138 e. The van der Waals surface area contributed by atoms with Gasteiger partial charge >= 0.3 is 0 Å². The fraction of sp³-hybridized carbons (Fsp3) is 0.0714. The molecule has 0 spiro atoms. The van der Waals surface area contributed by atoms with E-state index in [2.05, 4.69) is 9.97 Å². The van der Waals surface area contributed by atoms with E-state index in [1.807, 2.05) is 18.2 Å². The summed E-state index contributed by atoms with van der Waals surface area (Å²) in [7, 11) is 0. The Balaban J connectivity index is 1.79. The highest BCUT2D eigenvalue weighted by Gasteiger charge is 2.02. The quantitative estimate of drug-likeness (QED) is 0.765. The van der Waals surface area contributed by atoms with Crippen molar-refractivity contribution < 1.29 is 9.13 Å². The van der Waals surface area contributed by atoms with E-state index >= 15 is 0 Å². The van der Waals surface area contributed by atoms with Crippen molar-refractivity contribution >= 4 is 10.9 Å². The maximum atomic E-state index is 13.0. The molecule has 1 aromatic carbocycles. The van der Waals surface area contributed by atoms with E-state index in [9.17, 15) is 4.39 Å². The van der Waals surface area contributed by atoms with Crippen LogP contribution in [0.5, 0.6) is 5.75 Å². The fourth-order valence-electron chi connectivity index (χ4n) is 1.83. The van der Waals surface area contributed by atoms with Gasteiger partial charge in [0.1, 0.15) is 18.2 Å². The molecule has 2 heterocycles. The lowest BCUT2D eigenvalue weighted by Gasteiger charge is -2.02. The van der Waals surface area contributed by atoms with Crippen LogP contribution in [0.3, 0.4) is 0 Å². The highest BCUT2D eigenvalue weighted by molar-refractivity contribution is 5.80. The van der Waals surface area contributed by atoms with Crippen LogP contribution in [0.15, 0.2) is 48.8 Å². The molecule has 2 aromatic heterocycles. The molecule has 0 unspecified atom stereocenters. The van der Waals surface area contributed by atoms with Gasteiger partial charge in [0.25, 0.3) is 0 Å². The van der Waals surface area contributed by atoms with Gasteiger partial charge in [-0.25, -0.2) is 4.39 Å². The molecule has 90 valence electrons. The standard InChI is InChI=1S/C14H11FN2O/c15-11-4-3-10-6-12(17-14(10)7-11)9-18-13-2-1-5-16-8-13/h1-8,17H,9H2. The minimum absolute atomic E-state index is 0.246. The molecular formula is C14H11FN2O. The SMILES string of the molecule is Fc1ccc2cc(COc3cccnc3)[nH]c2c1. The van der Waals surface area contributed by atoms with Gasteiger partial charge in [0.15, 0.2) is 0 Å². The third-order valence-electron chi connectivity index (χ3n) is 2.67. The van der Waals surface area contributed by atoms with Crippen LogP contribution in [-0.4, -0.2) is 9.97 Å². The van der Waals surface area contributed by atoms with Crippen LogP contribution >= 0.6 is 0 Å². The first-order valence-corrected chi connectivity index (χ1v) is 5.61. The van der Waals surface area contributed by atoms with E-state index in [0.29, 0.717) is 12.4 Å². The molecule has 0 aliphatic carbocycles. The van der Waals surface area contributed by atoms with Crippen molar-refractivity contribution in [2.75, 3.05) is 0 Å². The number of fused-ring (bicyclic) bond motifs is 1. The first-order chi connectivity index (χ1) is 8.81. The van der Waals surface area contributed by atoms with Crippen LogP contribution in [0, 0.1) is 5.82 Å². The van der Waals surface area contributed by atoms with Crippen molar-refractivity contribution in [2.45, 2.75) is 6.61 Å². The number of benzene rings is 1. The zero-order chi connectivity index (χ0) is 12.4. The lowest BCUT2D eigenvalue weighted by atomic mass is 10.2. The third kappa shape index (κ3) is 2.18. The number of H-pyrrole nitrogens is 1. The van der Waals surface area contributed by atoms with E-state index < -0.39 is 0 Å². The van der Waals surface area contributed by atoms with Crippen LogP contribution in [0.1, 0.15) is 5.69 Å². The number of nitrogens with zero attached hydrogens (tertiary/aromatic N) is 1. The molecule has 3 rings (SSSR count). The number of nitrogens with one attached hydrogen (secondary N) is 1. The zero-order valence-corrected chi connectivity index (χ0v) is 9.56. The first-order valence-electron chi connectivity index (χ1n) is 5.61. The number of aromatic amines is 1. The van der Waals surface area contributed by atoms with Gasteiger partial charge in [-0.15, -0.1) is 0 Å². The highest BCUT2D eigenvalue weighted by Crippen LogP contribution is 2.18. The molecule has 0 atom stereocenters. The summed E-state index contributed by atoms with van der Waals surface area (Å²) in [6.07, 6.45) is 3.35. The van der Waals surface area contributed by atoms with Crippen molar-refractivity contribution in [3.63, 3.8) is 0 Å². The topological polar surface area (TPSA) is 37.9 Å². The number of aromatic nitrogens is 2. The molecule has 1 N–H and O–H groups in total. The number of hydrogen-bond acceptors (Lipinski definition) is 2. The van der Waals surface area contributed by atoms with Gasteiger partial charge < -0.3 is 9.72 Å². The van der Waals surface area contributed by atoms with Gasteiger partial charge in [0, 0.05) is 11.7 Å². The van der Waals surface area contributed by atoms with Crippen LogP contribution < -0.4 is 4.74 Å². The van der Waals surface area contributed by atoms with Crippen LogP contribution in [0.2, 0.25) is 0 Å². The molecule has 0 amide bonds. The maximum Gasteiger partial charge on any atom is 0.138 e. The summed E-state index contributed by atoms with van der Waals surface area (Å²) < 4.78 is 18.6. The predicted octanol–water partition coefficient (Wildman–Crippen LogP) is 3.28. The molecule has 0 bridgehead atoms. The van der Waals surface area contributed by atoms with Crippen LogP contribution in [0.4, 0.5) is 4.39 Å². The first kappa shape index (κ1) is 10.8. The molecule has 0 fully saturated rings. The average molecular weight is 242 g/mol. The van der Waals surface area contributed by atoms with Gasteiger partial charge in [-0.1, -0.05) is 0 Å². The minimum atomic E-state index is -0.246. The summed E-state index contributed by atoms with van der Waals surface area (Å²) in [6, 6.07) is 10.3. The van der Waals surface area contributed by atoms with E-state index in [0.717, 1.165) is 16.6 Å². The van der Waals surface area contributed by atoms with Gasteiger partial charge in [0.05, 0.1) is 11.9 Å². The van der Waals surface area contributed by atoms with Crippen LogP contribution in [-0.2, 0) is 6.61 Å². The molecule has 3 aromatic rings. The van der Waals surface area contributed by atoms with Crippen molar-refractivity contribution in [2.24, 2.45) is 0 Å². The molecule has 0 aliphatic rings. The van der Waals surface area contributed by atoms with E-state index in [4.69, 9.17) is 4.74 Å². The Morgan fingerprint density at radius 1 is 1.22 bits per heavy atom. The molecule has 0 aliphatic heterocycles. The Bertz CT molecular complexity index is 664. The second-order valence-corrected chi connectivity index (χ2v) is 4.00. The third-order valence-corrected chi connectivity index (χ3v) is 2.67. The molecule has 0 saturated heterocycles. The van der Waals surface area contributed by atoms with Crippen molar-refractivity contribution in [1.29, 1.82) is 0 Å². The van der Waals surface area contributed by atoms with E-state index in [1.165, 1.54) is 12.1 Å². The minimum Gasteiger partial charge on any atom is -0.486 e. The van der Waals surface area contributed by atoms with Gasteiger partial charge in [-0.2, -0.15) is 0 Å². The van der Waals surface area contributed by atoms with Crippen molar-refractivity contribution in [3.8, 4) is 5.75 Å². The summed E-state index contributed by atoms with van der Waals surface area (Å²) in [5.41, 5.74) is 1.68. The summed E-state index contributed by atoms with van der Waals surface area (Å²) in [4.78, 5) is 7.09. The van der Waals surface area contributed by atoms with Crippen molar-refractivity contribution in [3.05, 3.63) is 60.3 Å². The second-order valence-electron chi connectivity index (χ2n) is 4.00. The molecule has 18 heavy (non-hydrogen) atoms. The summed E-state index contributed by atoms with van der Waals surface area (Å²) in [5.74, 6) is 0.464. The molecule has 0 radical (unpaired) electrons. The largest absolute Gasteiger partial charge is 0.486 e. The van der Waals surface area contributed by atoms with E-state index in [1.54, 1.807) is 18.5 Å². The summed E-state index contributed by atoms with van der Waals surface area (Å²) in [6.45, 7) is 0.405. The Morgan fingerprint density at radius 3 is 3.00 bits per heavy atom. The average Bonchev–Trinajstić information content (AvgIpc) is 2.79. The normalized spacial score (nSPS) is 10.7. The Kier molecular flexibility index (Phi) is 2.68. The summed E-state index contributed by atoms with van der Waals surface area (Å²) >= 11 is 0. The van der Waals surface area contributed by atoms with Gasteiger partial charge in [-0.05, 0) is 41.8 Å². The van der Waals surface area contributed by atoms with Gasteiger partial charge in [-0.3, -0.25) is 4.98 Å². The molecular weight excluding hydrogens is 231 g/mol. The molecule has 0 saturated carbocycles. The second kappa shape index (κ2) is 4.49. The monoisotopic (exact) mass is 242 g/mol. The number of hydrogen-bond donors (Lipinski definition) is 1. The zero-order valence-electron chi connectivity index (χ0n) is 9.56. The van der Waals surface area contributed by atoms with Gasteiger partial charge in [0.2, 0.25) is 0 Å². The Hall–Kier alpha value is -2.36. The highest BCUT2D eigenvalue weighted by atomic mass is 19.1. The van der Waals surface area contributed by atoms with Crippen molar-refractivity contribution in [1.82, 2.24) is 9.97 Å². The van der Waals surface area contributed by atoms with E-state index in [-0.39, 0.29) is 5.82 Å².